The molecule has 10 heteroatoms. The number of amides is 2. The number of hydrogen-bond donors (Lipinski definition) is 1. The first-order valence-corrected chi connectivity index (χ1v) is 14.3. The molecule has 0 saturated carbocycles. The van der Waals surface area contributed by atoms with E-state index in [0.29, 0.717) is 31.0 Å². The van der Waals surface area contributed by atoms with Crippen LogP contribution in [-0.2, 0) is 9.53 Å². The largest absolute Gasteiger partial charge is 0.497 e. The number of benzene rings is 3. The number of nitrogens with one attached hydrogen (secondary N) is 1. The molecule has 0 radical (unpaired) electrons. The van der Waals surface area contributed by atoms with Crippen molar-refractivity contribution in [3.8, 4) is 17.2 Å². The quantitative estimate of drug-likeness (QED) is 0.269. The summed E-state index contributed by atoms with van der Waals surface area (Å²) in [5.74, 6) is 0.455. The summed E-state index contributed by atoms with van der Waals surface area (Å²) in [5, 5.41) is 8.45. The number of halogens is 1. The Kier molecular flexibility index (Phi) is 8.57. The highest BCUT2D eigenvalue weighted by Gasteiger charge is 2.35. The molecule has 1 aliphatic rings. The molecule has 0 aliphatic carbocycles. The minimum Gasteiger partial charge on any atom is -0.497 e. The maximum atomic E-state index is 13.4. The summed E-state index contributed by atoms with van der Waals surface area (Å²) in [6, 6.07) is 18.9. The van der Waals surface area contributed by atoms with Gasteiger partial charge in [-0.15, -0.1) is 0 Å². The van der Waals surface area contributed by atoms with Crippen LogP contribution in [0.4, 0.5) is 9.18 Å². The van der Waals surface area contributed by atoms with E-state index in [2.05, 4.69) is 10.4 Å². The molecule has 226 valence electrons. The van der Waals surface area contributed by atoms with Crippen molar-refractivity contribution in [2.75, 3.05) is 20.2 Å². The molecule has 9 nitrogen and oxygen atoms in total. The smallest absolute Gasteiger partial charge is 0.410 e. The summed E-state index contributed by atoms with van der Waals surface area (Å²) in [7, 11) is 1.60. The molecule has 3 aromatic carbocycles. The van der Waals surface area contributed by atoms with E-state index >= 15 is 0 Å². The second kappa shape index (κ2) is 12.3. The van der Waals surface area contributed by atoms with Gasteiger partial charge in [0.1, 0.15) is 29.0 Å². The van der Waals surface area contributed by atoms with E-state index in [-0.39, 0.29) is 17.6 Å². The first-order chi connectivity index (χ1) is 20.5. The van der Waals surface area contributed by atoms with Gasteiger partial charge in [0, 0.05) is 18.5 Å². The summed E-state index contributed by atoms with van der Waals surface area (Å²) >= 11 is 0. The van der Waals surface area contributed by atoms with E-state index in [1.165, 1.54) is 12.1 Å². The number of rotatable bonds is 8. The van der Waals surface area contributed by atoms with Crippen LogP contribution in [0, 0.1) is 11.7 Å². The summed E-state index contributed by atoms with van der Waals surface area (Å²) in [6.45, 7) is 8.12. The van der Waals surface area contributed by atoms with Crippen LogP contribution in [0.1, 0.15) is 45.8 Å². The Bertz CT molecular complexity index is 1600. The Morgan fingerprint density at radius 2 is 1.81 bits per heavy atom. The summed E-state index contributed by atoms with van der Waals surface area (Å²) in [4.78, 5) is 27.4. The maximum Gasteiger partial charge on any atom is 0.410 e. The van der Waals surface area contributed by atoms with Crippen molar-refractivity contribution < 1.29 is 28.2 Å². The van der Waals surface area contributed by atoms with Gasteiger partial charge in [-0.25, -0.2) is 13.9 Å². The third-order valence-electron chi connectivity index (χ3n) is 7.33. The Labute approximate surface area is 250 Å². The zero-order valence-corrected chi connectivity index (χ0v) is 25.0. The van der Waals surface area contributed by atoms with E-state index in [9.17, 15) is 14.0 Å². The van der Waals surface area contributed by atoms with E-state index in [1.807, 2.05) is 70.2 Å². The van der Waals surface area contributed by atoms with E-state index in [1.54, 1.807) is 35.0 Å². The lowest BCUT2D eigenvalue weighted by Crippen LogP contribution is -2.43. The van der Waals surface area contributed by atoms with Crippen LogP contribution in [0.2, 0.25) is 0 Å². The van der Waals surface area contributed by atoms with Crippen LogP contribution in [-0.4, -0.2) is 58.5 Å². The van der Waals surface area contributed by atoms with Crippen molar-refractivity contribution in [2.45, 2.75) is 51.9 Å². The van der Waals surface area contributed by atoms with Crippen LogP contribution in [0.5, 0.6) is 11.5 Å². The fraction of sp³-hybridized carbons (Fsp3) is 0.364. The molecule has 5 rings (SSSR count). The molecule has 43 heavy (non-hydrogen) atoms. The van der Waals surface area contributed by atoms with Gasteiger partial charge >= 0.3 is 6.09 Å². The van der Waals surface area contributed by atoms with Gasteiger partial charge in [0.15, 0.2) is 0 Å². The highest BCUT2D eigenvalue weighted by atomic mass is 19.1. The molecule has 0 bridgehead atoms. The van der Waals surface area contributed by atoms with E-state index < -0.39 is 23.8 Å². The molecular weight excluding hydrogens is 551 g/mol. The number of fused-ring (bicyclic) bond motifs is 1. The van der Waals surface area contributed by atoms with Gasteiger partial charge in [0.25, 0.3) is 0 Å². The molecule has 1 saturated heterocycles. The lowest BCUT2D eigenvalue weighted by molar-refractivity contribution is -0.125. The zero-order valence-electron chi connectivity index (χ0n) is 25.0. The van der Waals surface area contributed by atoms with Gasteiger partial charge in [-0.2, -0.15) is 5.10 Å². The van der Waals surface area contributed by atoms with E-state index in [4.69, 9.17) is 14.2 Å². The van der Waals surface area contributed by atoms with Gasteiger partial charge in [-0.1, -0.05) is 12.1 Å². The lowest BCUT2D eigenvalue weighted by Gasteiger charge is -2.28. The van der Waals surface area contributed by atoms with Gasteiger partial charge < -0.3 is 24.4 Å². The van der Waals surface area contributed by atoms with Gasteiger partial charge in [-0.3, -0.25) is 4.79 Å². The molecular formula is C33H37FN4O5. The summed E-state index contributed by atoms with van der Waals surface area (Å²) in [6.07, 6.45) is 1.32. The Balaban J connectivity index is 1.34. The van der Waals surface area contributed by atoms with Crippen LogP contribution >= 0.6 is 0 Å². The molecule has 2 heterocycles. The van der Waals surface area contributed by atoms with Crippen molar-refractivity contribution in [2.24, 2.45) is 5.92 Å². The highest BCUT2D eigenvalue weighted by molar-refractivity contribution is 5.82. The molecule has 0 spiro atoms. The van der Waals surface area contributed by atoms with E-state index in [0.717, 1.165) is 22.2 Å². The lowest BCUT2D eigenvalue weighted by atomic mass is 10.0. The molecule has 4 aromatic rings. The van der Waals surface area contributed by atoms with Gasteiger partial charge in [0.05, 0.1) is 36.5 Å². The first kappa shape index (κ1) is 29.9. The SMILES string of the molecule is COc1cccc(C(Oc2ccc3c(cnn3-c3ccc(F)cc3)c2)C(C)NC(=O)C2CCN(C(=O)OC(C)(C)C)C2)c1. The monoisotopic (exact) mass is 588 g/mol. The molecule has 1 fully saturated rings. The van der Waals surface area contributed by atoms with Crippen LogP contribution in [0.15, 0.2) is 72.9 Å². The maximum absolute atomic E-state index is 13.4. The van der Waals surface area contributed by atoms with Gasteiger partial charge in [-0.05, 0) is 94.3 Å². The van der Waals surface area contributed by atoms with Crippen molar-refractivity contribution in [1.29, 1.82) is 0 Å². The number of nitrogens with zero attached hydrogens (tertiary/aromatic N) is 3. The predicted octanol–water partition coefficient (Wildman–Crippen LogP) is 6.06. The number of ether oxygens (including phenoxy) is 3. The number of aromatic nitrogens is 2. The Morgan fingerprint density at radius 1 is 1.05 bits per heavy atom. The minimum absolute atomic E-state index is 0.147. The fourth-order valence-electron chi connectivity index (χ4n) is 5.18. The standard InChI is InChI=1S/C33H37FN4O5/c1-21(36-31(39)23-15-16-37(20-23)32(40)43-33(2,3)4)30(22-7-6-8-27(17-22)41-5)42-28-13-14-29-24(18-28)19-35-38(29)26-11-9-25(34)10-12-26/h6-14,17-19,21,23,30H,15-16,20H2,1-5H3,(H,36,39). The average molecular weight is 589 g/mol. The Morgan fingerprint density at radius 3 is 2.53 bits per heavy atom. The van der Waals surface area contributed by atoms with Crippen LogP contribution < -0.4 is 14.8 Å². The number of likely N-dealkylation sites (tertiary alicyclic amines) is 1. The van der Waals surface area contributed by atoms with Gasteiger partial charge in [0.2, 0.25) is 5.91 Å². The van der Waals surface area contributed by atoms with Crippen molar-refractivity contribution >= 4 is 22.9 Å². The second-order valence-electron chi connectivity index (χ2n) is 11.8. The van der Waals surface area contributed by atoms with Crippen molar-refractivity contribution in [3.63, 3.8) is 0 Å². The zero-order chi connectivity index (χ0) is 30.7. The summed E-state index contributed by atoms with van der Waals surface area (Å²) < 4.78 is 32.6. The van der Waals surface area contributed by atoms with Crippen LogP contribution in [0.25, 0.3) is 16.6 Å². The average Bonchev–Trinajstić information content (AvgIpc) is 3.63. The molecule has 3 unspecified atom stereocenters. The molecule has 1 aliphatic heterocycles. The van der Waals surface area contributed by atoms with Crippen LogP contribution in [0.3, 0.4) is 0 Å². The van der Waals surface area contributed by atoms with Crippen molar-refractivity contribution in [3.05, 3.63) is 84.3 Å². The predicted molar refractivity (Wildman–Crippen MR) is 161 cm³/mol. The normalized spacial score (nSPS) is 16.5. The molecule has 1 aromatic heterocycles. The minimum atomic E-state index is -0.601. The number of carbonyl (C=O) groups excluding carboxylic acids is 2. The number of carbonyl (C=O) groups is 2. The molecule has 1 N–H and O–H groups in total. The fourth-order valence-corrected chi connectivity index (χ4v) is 5.18. The second-order valence-corrected chi connectivity index (χ2v) is 11.8. The first-order valence-electron chi connectivity index (χ1n) is 14.3. The number of hydrogen-bond acceptors (Lipinski definition) is 6. The van der Waals surface area contributed by atoms with Crippen molar-refractivity contribution in [1.82, 2.24) is 20.0 Å². The third-order valence-corrected chi connectivity index (χ3v) is 7.33. The summed E-state index contributed by atoms with van der Waals surface area (Å²) in [5.41, 5.74) is 1.81. The number of methoxy groups -OCH3 is 1. The molecule has 2 amide bonds. The third kappa shape index (κ3) is 7.07. The Hall–Kier alpha value is -4.60. The topological polar surface area (TPSA) is 94.9 Å². The molecule has 3 atom stereocenters. The highest BCUT2D eigenvalue weighted by Crippen LogP contribution is 2.31.